The number of nitrogens with one attached hydrogen (secondary N) is 1. The number of amides is 1. The first-order valence-corrected chi connectivity index (χ1v) is 10.5. The summed E-state index contributed by atoms with van der Waals surface area (Å²) in [5.41, 5.74) is 3.32. The van der Waals surface area contributed by atoms with Crippen molar-refractivity contribution >= 4 is 27.3 Å². The van der Waals surface area contributed by atoms with Gasteiger partial charge < -0.3 is 4.90 Å². The van der Waals surface area contributed by atoms with Crippen LogP contribution >= 0.6 is 0 Å². The molecule has 1 N–H and O–H groups in total. The summed E-state index contributed by atoms with van der Waals surface area (Å²) < 4.78 is 28.0. The SMILES string of the molecule is Cc1cccc(S(=O)(=O)Nc2ccc3c(c2)N(C(=O)C2CC2)CCC3)c1. The number of carbonyl (C=O) groups is 1. The molecule has 1 fully saturated rings. The van der Waals surface area contributed by atoms with E-state index in [9.17, 15) is 13.2 Å². The minimum Gasteiger partial charge on any atom is -0.312 e. The molecule has 5 nitrogen and oxygen atoms in total. The number of anilines is 2. The van der Waals surface area contributed by atoms with Crippen molar-refractivity contribution in [2.75, 3.05) is 16.2 Å². The van der Waals surface area contributed by atoms with Crippen molar-refractivity contribution in [1.29, 1.82) is 0 Å². The summed E-state index contributed by atoms with van der Waals surface area (Å²) in [4.78, 5) is 14.6. The Morgan fingerprint density at radius 1 is 1.15 bits per heavy atom. The Kier molecular flexibility index (Phi) is 4.23. The molecule has 1 aliphatic heterocycles. The molecule has 1 saturated carbocycles. The van der Waals surface area contributed by atoms with Gasteiger partial charge in [0.2, 0.25) is 5.91 Å². The number of carbonyl (C=O) groups excluding carboxylic acids is 1. The van der Waals surface area contributed by atoms with Gasteiger partial charge in [0.1, 0.15) is 0 Å². The van der Waals surface area contributed by atoms with Crippen LogP contribution in [0.4, 0.5) is 11.4 Å². The van der Waals surface area contributed by atoms with Crippen molar-refractivity contribution in [3.63, 3.8) is 0 Å². The van der Waals surface area contributed by atoms with Gasteiger partial charge in [0.25, 0.3) is 10.0 Å². The molecule has 0 atom stereocenters. The summed E-state index contributed by atoms with van der Waals surface area (Å²) >= 11 is 0. The summed E-state index contributed by atoms with van der Waals surface area (Å²) in [6, 6.07) is 12.3. The van der Waals surface area contributed by atoms with E-state index in [-0.39, 0.29) is 16.7 Å². The molecule has 2 aromatic carbocycles. The highest BCUT2D eigenvalue weighted by molar-refractivity contribution is 7.92. The molecule has 26 heavy (non-hydrogen) atoms. The molecule has 0 aromatic heterocycles. The molecule has 0 unspecified atom stereocenters. The molecular formula is C20H22N2O3S. The zero-order chi connectivity index (χ0) is 18.3. The molecule has 4 rings (SSSR count). The topological polar surface area (TPSA) is 66.5 Å². The maximum absolute atomic E-state index is 12.7. The summed E-state index contributed by atoms with van der Waals surface area (Å²) in [7, 11) is -3.66. The van der Waals surface area contributed by atoms with E-state index in [0.29, 0.717) is 12.2 Å². The van der Waals surface area contributed by atoms with Crippen molar-refractivity contribution in [3.8, 4) is 0 Å². The predicted molar refractivity (Wildman–Crippen MR) is 102 cm³/mol. The Bertz CT molecular complexity index is 965. The van der Waals surface area contributed by atoms with Crippen LogP contribution in [0.3, 0.4) is 0 Å². The Morgan fingerprint density at radius 3 is 2.69 bits per heavy atom. The van der Waals surface area contributed by atoms with Crippen LogP contribution in [0, 0.1) is 12.8 Å². The van der Waals surface area contributed by atoms with Gasteiger partial charge in [-0.3, -0.25) is 9.52 Å². The van der Waals surface area contributed by atoms with Crippen molar-refractivity contribution < 1.29 is 13.2 Å². The quantitative estimate of drug-likeness (QED) is 0.896. The first-order valence-electron chi connectivity index (χ1n) is 8.98. The van der Waals surface area contributed by atoms with Gasteiger partial charge in [0, 0.05) is 18.2 Å². The third kappa shape index (κ3) is 3.33. The number of nitrogens with zero attached hydrogens (tertiary/aromatic N) is 1. The van der Waals surface area contributed by atoms with Crippen LogP contribution in [0.2, 0.25) is 0 Å². The van der Waals surface area contributed by atoms with E-state index in [2.05, 4.69) is 4.72 Å². The standard InChI is InChI=1S/C20H22N2O3S/c1-14-4-2-6-18(12-14)26(24,25)21-17-10-9-15-5-3-11-22(19(15)13-17)20(23)16-7-8-16/h2,4,6,9-10,12-13,16,21H,3,5,7-8,11H2,1H3. The molecule has 1 heterocycles. The fourth-order valence-corrected chi connectivity index (χ4v) is 4.57. The van der Waals surface area contributed by atoms with Crippen LogP contribution in [0.5, 0.6) is 0 Å². The van der Waals surface area contributed by atoms with Crippen LogP contribution < -0.4 is 9.62 Å². The van der Waals surface area contributed by atoms with Crippen LogP contribution in [0.1, 0.15) is 30.4 Å². The van der Waals surface area contributed by atoms with Crippen molar-refractivity contribution in [1.82, 2.24) is 0 Å². The van der Waals surface area contributed by atoms with E-state index in [1.54, 1.807) is 30.3 Å². The fourth-order valence-electron chi connectivity index (χ4n) is 3.41. The van der Waals surface area contributed by atoms with Gasteiger partial charge in [-0.1, -0.05) is 18.2 Å². The number of hydrogen-bond acceptors (Lipinski definition) is 3. The first kappa shape index (κ1) is 17.1. The lowest BCUT2D eigenvalue weighted by Crippen LogP contribution is -2.36. The normalized spacial score (nSPS) is 16.9. The number of hydrogen-bond donors (Lipinski definition) is 1. The number of sulfonamides is 1. The number of rotatable bonds is 4. The molecule has 0 radical (unpaired) electrons. The molecule has 0 spiro atoms. The zero-order valence-electron chi connectivity index (χ0n) is 14.7. The smallest absolute Gasteiger partial charge is 0.261 e. The maximum Gasteiger partial charge on any atom is 0.261 e. The Labute approximate surface area is 154 Å². The second kappa shape index (κ2) is 6.43. The molecule has 0 saturated heterocycles. The van der Waals surface area contributed by atoms with Gasteiger partial charge in [0.05, 0.1) is 10.6 Å². The third-order valence-electron chi connectivity index (χ3n) is 4.95. The van der Waals surface area contributed by atoms with Crippen molar-refractivity contribution in [2.45, 2.75) is 37.5 Å². The molecular weight excluding hydrogens is 348 g/mol. The van der Waals surface area contributed by atoms with Gasteiger partial charge in [-0.15, -0.1) is 0 Å². The van der Waals surface area contributed by atoms with Crippen LogP contribution in [-0.4, -0.2) is 20.9 Å². The summed E-state index contributed by atoms with van der Waals surface area (Å²) in [6.45, 7) is 2.57. The van der Waals surface area contributed by atoms with E-state index in [4.69, 9.17) is 0 Å². The first-order chi connectivity index (χ1) is 12.4. The Hall–Kier alpha value is -2.34. The molecule has 1 aliphatic carbocycles. The van der Waals surface area contributed by atoms with Crippen LogP contribution in [0.15, 0.2) is 47.4 Å². The summed E-state index contributed by atoms with van der Waals surface area (Å²) in [5.74, 6) is 0.318. The molecule has 2 aromatic rings. The lowest BCUT2D eigenvalue weighted by molar-refractivity contribution is -0.119. The largest absolute Gasteiger partial charge is 0.312 e. The van der Waals surface area contributed by atoms with Crippen LogP contribution in [0.25, 0.3) is 0 Å². The van der Waals surface area contributed by atoms with Gasteiger partial charge in [-0.2, -0.15) is 0 Å². The Morgan fingerprint density at radius 2 is 1.96 bits per heavy atom. The minimum absolute atomic E-state index is 0.147. The lowest BCUT2D eigenvalue weighted by Gasteiger charge is -2.30. The fraction of sp³-hybridized carbons (Fsp3) is 0.350. The zero-order valence-corrected chi connectivity index (χ0v) is 15.6. The highest BCUT2D eigenvalue weighted by Crippen LogP contribution is 2.37. The number of fused-ring (bicyclic) bond motifs is 1. The van der Waals surface area contributed by atoms with E-state index in [0.717, 1.165) is 42.5 Å². The van der Waals surface area contributed by atoms with Crippen molar-refractivity contribution in [3.05, 3.63) is 53.6 Å². The maximum atomic E-state index is 12.7. The summed E-state index contributed by atoms with van der Waals surface area (Å²) in [6.07, 6.45) is 3.78. The second-order valence-corrected chi connectivity index (χ2v) is 8.82. The number of benzene rings is 2. The van der Waals surface area contributed by atoms with Gasteiger partial charge in [-0.25, -0.2) is 8.42 Å². The minimum atomic E-state index is -3.66. The van der Waals surface area contributed by atoms with Gasteiger partial charge in [-0.05, 0) is 68.0 Å². The lowest BCUT2D eigenvalue weighted by atomic mass is 10.0. The average Bonchev–Trinajstić information content (AvgIpc) is 3.45. The van der Waals surface area contributed by atoms with E-state index >= 15 is 0 Å². The molecule has 0 bridgehead atoms. The highest BCUT2D eigenvalue weighted by atomic mass is 32.2. The predicted octanol–water partition coefficient (Wildman–Crippen LogP) is 3.49. The van der Waals surface area contributed by atoms with E-state index in [1.807, 2.05) is 24.0 Å². The van der Waals surface area contributed by atoms with Crippen molar-refractivity contribution in [2.24, 2.45) is 5.92 Å². The molecule has 6 heteroatoms. The molecule has 1 amide bonds. The third-order valence-corrected chi connectivity index (χ3v) is 6.33. The molecule has 136 valence electrons. The number of aryl methyl sites for hydroxylation is 2. The van der Waals surface area contributed by atoms with Gasteiger partial charge >= 0.3 is 0 Å². The summed E-state index contributed by atoms with van der Waals surface area (Å²) in [5, 5.41) is 0. The van der Waals surface area contributed by atoms with E-state index < -0.39 is 10.0 Å². The van der Waals surface area contributed by atoms with Gasteiger partial charge in [0.15, 0.2) is 0 Å². The van der Waals surface area contributed by atoms with Crippen LogP contribution in [-0.2, 0) is 21.2 Å². The highest BCUT2D eigenvalue weighted by Gasteiger charge is 2.35. The second-order valence-electron chi connectivity index (χ2n) is 7.13. The Balaban J connectivity index is 1.64. The average molecular weight is 370 g/mol. The monoisotopic (exact) mass is 370 g/mol. The molecule has 2 aliphatic rings. The van der Waals surface area contributed by atoms with E-state index in [1.165, 1.54) is 0 Å².